The van der Waals surface area contributed by atoms with Crippen molar-refractivity contribution < 1.29 is 23.1 Å². The van der Waals surface area contributed by atoms with Gasteiger partial charge in [-0.3, -0.25) is 4.79 Å². The van der Waals surface area contributed by atoms with Crippen molar-refractivity contribution in [3.63, 3.8) is 0 Å². The molecule has 0 aromatic heterocycles. The van der Waals surface area contributed by atoms with E-state index in [-0.39, 0.29) is 5.92 Å². The molecule has 3 rings (SSSR count). The van der Waals surface area contributed by atoms with E-state index in [1.165, 1.54) is 12.1 Å². The first-order valence-corrected chi connectivity index (χ1v) is 8.89. The molecule has 1 fully saturated rings. The number of carboxylic acid groups (broad SMARTS) is 1. The highest BCUT2D eigenvalue weighted by Crippen LogP contribution is 2.31. The number of aliphatic carboxylic acids is 1. The Hall–Kier alpha value is -1.86. The van der Waals surface area contributed by atoms with Crippen molar-refractivity contribution in [3.8, 4) is 0 Å². The zero-order valence-electron chi connectivity index (χ0n) is 13.9. The molecule has 0 amide bonds. The highest BCUT2D eigenvalue weighted by molar-refractivity contribution is 9.10. The van der Waals surface area contributed by atoms with E-state index < -0.39 is 17.7 Å². The molecular formula is C19H19BrF3NO2. The fourth-order valence-corrected chi connectivity index (χ4v) is 2.54. The molecule has 0 aliphatic heterocycles. The topological polar surface area (TPSA) is 49.3 Å². The molecular weight excluding hydrogens is 411 g/mol. The van der Waals surface area contributed by atoms with E-state index in [9.17, 15) is 18.0 Å². The molecule has 26 heavy (non-hydrogen) atoms. The van der Waals surface area contributed by atoms with Crippen molar-refractivity contribution in [2.24, 2.45) is 5.92 Å². The molecule has 1 saturated carbocycles. The van der Waals surface area contributed by atoms with Crippen molar-refractivity contribution in [1.29, 1.82) is 0 Å². The van der Waals surface area contributed by atoms with E-state index in [1.807, 2.05) is 30.3 Å². The van der Waals surface area contributed by atoms with Crippen molar-refractivity contribution in [2.45, 2.75) is 32.1 Å². The van der Waals surface area contributed by atoms with E-state index in [4.69, 9.17) is 5.11 Å². The van der Waals surface area contributed by atoms with Gasteiger partial charge < -0.3 is 10.4 Å². The van der Waals surface area contributed by atoms with E-state index in [0.717, 1.165) is 24.5 Å². The molecule has 1 aliphatic carbocycles. The molecule has 2 N–H and O–H groups in total. The van der Waals surface area contributed by atoms with E-state index in [0.29, 0.717) is 23.1 Å². The Labute approximate surface area is 158 Å². The quantitative estimate of drug-likeness (QED) is 0.683. The summed E-state index contributed by atoms with van der Waals surface area (Å²) >= 11 is 3.28. The average molecular weight is 430 g/mol. The minimum Gasteiger partial charge on any atom is -0.481 e. The van der Waals surface area contributed by atoms with Crippen LogP contribution in [-0.2, 0) is 24.1 Å². The van der Waals surface area contributed by atoms with Gasteiger partial charge in [-0.2, -0.15) is 13.2 Å². The third kappa shape index (κ3) is 6.80. The molecule has 0 heterocycles. The van der Waals surface area contributed by atoms with Crippen LogP contribution in [0.25, 0.3) is 0 Å². The van der Waals surface area contributed by atoms with Gasteiger partial charge in [-0.1, -0.05) is 46.3 Å². The summed E-state index contributed by atoms with van der Waals surface area (Å²) in [5.74, 6) is -0.611. The maximum Gasteiger partial charge on any atom is 0.416 e. The van der Waals surface area contributed by atoms with Gasteiger partial charge in [-0.15, -0.1) is 0 Å². The number of benzene rings is 2. The van der Waals surface area contributed by atoms with Crippen LogP contribution in [-0.4, -0.2) is 11.1 Å². The number of carboxylic acids is 1. The van der Waals surface area contributed by atoms with Crippen LogP contribution in [0, 0.1) is 5.92 Å². The molecule has 1 aliphatic rings. The Balaban J connectivity index is 0.000000342. The summed E-state index contributed by atoms with van der Waals surface area (Å²) in [6.45, 7) is 0.989. The molecule has 2 aromatic rings. The van der Waals surface area contributed by atoms with Crippen LogP contribution in [0.5, 0.6) is 0 Å². The zero-order chi connectivity index (χ0) is 19.2. The van der Waals surface area contributed by atoms with Gasteiger partial charge in [0.15, 0.2) is 0 Å². The second kappa shape index (κ2) is 9.19. The first-order valence-electron chi connectivity index (χ1n) is 8.10. The fourth-order valence-electron chi connectivity index (χ4n) is 2.15. The number of carbonyl (C=O) groups is 1. The van der Waals surface area contributed by atoms with E-state index in [2.05, 4.69) is 21.2 Å². The van der Waals surface area contributed by atoms with Gasteiger partial charge in [0.2, 0.25) is 0 Å². The van der Waals surface area contributed by atoms with Crippen LogP contribution in [0.3, 0.4) is 0 Å². The molecule has 0 spiro atoms. The standard InChI is InChI=1S/C15H13BrF3N.C4H6O2/c16-14-7-6-13(15(17,18)19)8-12(14)10-20-9-11-4-2-1-3-5-11;5-4(6)3-1-2-3/h1-8,20H,9-10H2;3H,1-2H2,(H,5,6). The summed E-state index contributed by atoms with van der Waals surface area (Å²) in [6, 6.07) is 13.4. The average Bonchev–Trinajstić information content (AvgIpc) is 3.42. The Morgan fingerprint density at radius 1 is 1.12 bits per heavy atom. The number of halogens is 4. The summed E-state index contributed by atoms with van der Waals surface area (Å²) in [5, 5.41) is 11.2. The number of hydrogen-bond donors (Lipinski definition) is 2. The maximum absolute atomic E-state index is 12.7. The van der Waals surface area contributed by atoms with Crippen molar-refractivity contribution in [3.05, 3.63) is 69.7 Å². The van der Waals surface area contributed by atoms with Crippen molar-refractivity contribution in [1.82, 2.24) is 5.32 Å². The first kappa shape index (κ1) is 20.5. The van der Waals surface area contributed by atoms with Crippen molar-refractivity contribution >= 4 is 21.9 Å². The Bertz CT molecular complexity index is 731. The smallest absolute Gasteiger partial charge is 0.416 e. The van der Waals surface area contributed by atoms with Crippen LogP contribution in [0.2, 0.25) is 0 Å². The third-order valence-corrected chi connectivity index (χ3v) is 4.56. The van der Waals surface area contributed by atoms with Gasteiger partial charge >= 0.3 is 12.1 Å². The second-order valence-electron chi connectivity index (χ2n) is 6.01. The largest absolute Gasteiger partial charge is 0.481 e. The number of hydrogen-bond acceptors (Lipinski definition) is 2. The second-order valence-corrected chi connectivity index (χ2v) is 6.86. The zero-order valence-corrected chi connectivity index (χ0v) is 15.5. The lowest BCUT2D eigenvalue weighted by Crippen LogP contribution is -2.14. The van der Waals surface area contributed by atoms with E-state index in [1.54, 1.807) is 0 Å². The summed E-state index contributed by atoms with van der Waals surface area (Å²) in [4.78, 5) is 9.76. The minimum absolute atomic E-state index is 0.0185. The maximum atomic E-state index is 12.7. The van der Waals surface area contributed by atoms with Gasteiger partial charge in [-0.05, 0) is 42.2 Å². The van der Waals surface area contributed by atoms with Gasteiger partial charge in [0.1, 0.15) is 0 Å². The predicted molar refractivity (Wildman–Crippen MR) is 96.5 cm³/mol. The summed E-state index contributed by atoms with van der Waals surface area (Å²) < 4.78 is 38.6. The molecule has 3 nitrogen and oxygen atoms in total. The number of alkyl halides is 3. The third-order valence-electron chi connectivity index (χ3n) is 3.79. The molecule has 0 atom stereocenters. The van der Waals surface area contributed by atoms with Gasteiger partial charge in [0.05, 0.1) is 11.5 Å². The monoisotopic (exact) mass is 429 g/mol. The van der Waals surface area contributed by atoms with Crippen LogP contribution in [0.4, 0.5) is 13.2 Å². The number of rotatable bonds is 5. The summed E-state index contributed by atoms with van der Waals surface area (Å²) in [6.07, 6.45) is -2.51. The van der Waals surface area contributed by atoms with Crippen molar-refractivity contribution in [2.75, 3.05) is 0 Å². The van der Waals surface area contributed by atoms with Crippen LogP contribution < -0.4 is 5.32 Å². The molecule has 0 unspecified atom stereocenters. The Morgan fingerprint density at radius 2 is 1.77 bits per heavy atom. The molecule has 2 aromatic carbocycles. The SMILES string of the molecule is FC(F)(F)c1ccc(Br)c(CNCc2ccccc2)c1.O=C(O)C1CC1. The molecule has 0 radical (unpaired) electrons. The van der Waals surface area contributed by atoms with Crippen LogP contribution in [0.1, 0.15) is 29.5 Å². The predicted octanol–water partition coefficient (Wildman–Crippen LogP) is 5.24. The van der Waals surface area contributed by atoms with Crippen LogP contribution in [0.15, 0.2) is 53.0 Å². The molecule has 140 valence electrons. The van der Waals surface area contributed by atoms with Crippen LogP contribution >= 0.6 is 15.9 Å². The van der Waals surface area contributed by atoms with Gasteiger partial charge in [-0.25, -0.2) is 0 Å². The van der Waals surface area contributed by atoms with E-state index >= 15 is 0 Å². The fraction of sp³-hybridized carbons (Fsp3) is 0.316. The lowest BCUT2D eigenvalue weighted by Gasteiger charge is -2.11. The molecule has 0 bridgehead atoms. The Kier molecular flexibility index (Phi) is 7.23. The normalized spacial score (nSPS) is 13.7. The lowest BCUT2D eigenvalue weighted by molar-refractivity contribution is -0.139. The molecule has 0 saturated heterocycles. The minimum atomic E-state index is -4.31. The number of nitrogens with one attached hydrogen (secondary N) is 1. The Morgan fingerprint density at radius 3 is 2.27 bits per heavy atom. The lowest BCUT2D eigenvalue weighted by atomic mass is 10.1. The first-order chi connectivity index (χ1) is 12.3. The highest BCUT2D eigenvalue weighted by atomic mass is 79.9. The highest BCUT2D eigenvalue weighted by Gasteiger charge is 2.30. The van der Waals surface area contributed by atoms with Gasteiger partial charge in [0.25, 0.3) is 0 Å². The van der Waals surface area contributed by atoms with Gasteiger partial charge in [0, 0.05) is 17.6 Å². The summed E-state index contributed by atoms with van der Waals surface area (Å²) in [5.41, 5.74) is 1.06. The molecule has 7 heteroatoms. The summed E-state index contributed by atoms with van der Waals surface area (Å²) in [7, 11) is 0.